The summed E-state index contributed by atoms with van der Waals surface area (Å²) >= 11 is 1.48. The van der Waals surface area contributed by atoms with Crippen LogP contribution in [0.3, 0.4) is 0 Å². The number of nitrogens with zero attached hydrogens (tertiary/aromatic N) is 4. The van der Waals surface area contributed by atoms with Crippen molar-refractivity contribution in [3.8, 4) is 0 Å². The van der Waals surface area contributed by atoms with E-state index in [9.17, 15) is 9.18 Å². The van der Waals surface area contributed by atoms with Crippen molar-refractivity contribution in [2.24, 2.45) is 0 Å². The Balaban J connectivity index is 1.24. The minimum absolute atomic E-state index is 0.114. The van der Waals surface area contributed by atoms with Crippen molar-refractivity contribution < 1.29 is 9.18 Å². The number of thiophene rings is 1. The van der Waals surface area contributed by atoms with E-state index in [2.05, 4.69) is 34.1 Å². The van der Waals surface area contributed by atoms with Crippen LogP contribution in [-0.4, -0.2) is 42.0 Å². The van der Waals surface area contributed by atoms with Crippen molar-refractivity contribution in [3.63, 3.8) is 0 Å². The molecule has 2 aromatic heterocycles. The first-order chi connectivity index (χ1) is 17.2. The van der Waals surface area contributed by atoms with Gasteiger partial charge in [0.25, 0.3) is 5.91 Å². The second kappa shape index (κ2) is 10.8. The summed E-state index contributed by atoms with van der Waals surface area (Å²) in [5.74, 6) is 0.508. The summed E-state index contributed by atoms with van der Waals surface area (Å²) in [5.41, 5.74) is 3.54. The number of halogens is 1. The van der Waals surface area contributed by atoms with Crippen LogP contribution in [0.15, 0.2) is 89.8 Å². The highest BCUT2D eigenvalue weighted by atomic mass is 32.1. The maximum Gasteiger partial charge on any atom is 0.259 e. The number of hydrogen-bond donors (Lipinski definition) is 0. The molecule has 0 atom stereocenters. The maximum absolute atomic E-state index is 13.5. The molecule has 5 rings (SSSR count). The summed E-state index contributed by atoms with van der Waals surface area (Å²) in [6.07, 6.45) is 1.84. The fourth-order valence-corrected chi connectivity index (χ4v) is 4.93. The molecule has 5 nitrogen and oxygen atoms in total. The van der Waals surface area contributed by atoms with Gasteiger partial charge >= 0.3 is 0 Å². The summed E-state index contributed by atoms with van der Waals surface area (Å²) in [4.78, 5) is 24.3. The van der Waals surface area contributed by atoms with Crippen molar-refractivity contribution in [1.29, 1.82) is 0 Å². The summed E-state index contributed by atoms with van der Waals surface area (Å²) < 4.78 is 13.5. The lowest BCUT2D eigenvalue weighted by molar-refractivity contribution is 0.0985. The fraction of sp³-hybridized carbons (Fsp3) is 0.214. The van der Waals surface area contributed by atoms with Gasteiger partial charge in [-0.25, -0.2) is 9.37 Å². The van der Waals surface area contributed by atoms with Crippen LogP contribution in [0, 0.1) is 5.82 Å². The van der Waals surface area contributed by atoms with Crippen LogP contribution in [0.25, 0.3) is 0 Å². The van der Waals surface area contributed by atoms with Crippen molar-refractivity contribution in [2.75, 3.05) is 36.0 Å². The molecule has 0 unspecified atom stereocenters. The van der Waals surface area contributed by atoms with Crippen LogP contribution in [-0.2, 0) is 13.1 Å². The van der Waals surface area contributed by atoms with E-state index in [1.807, 2.05) is 41.2 Å². The van der Waals surface area contributed by atoms with Gasteiger partial charge in [-0.05, 0) is 52.9 Å². The number of carbonyl (C=O) groups is 1. The van der Waals surface area contributed by atoms with Gasteiger partial charge in [0.1, 0.15) is 11.6 Å². The Morgan fingerprint density at radius 2 is 1.69 bits per heavy atom. The van der Waals surface area contributed by atoms with Crippen molar-refractivity contribution >= 4 is 28.7 Å². The Labute approximate surface area is 209 Å². The first-order valence-electron chi connectivity index (χ1n) is 11.7. The molecule has 0 saturated carbocycles. The van der Waals surface area contributed by atoms with E-state index in [0.717, 1.165) is 44.1 Å². The number of aromatic nitrogens is 1. The quantitative estimate of drug-likeness (QED) is 0.348. The molecule has 0 aliphatic carbocycles. The average molecular weight is 487 g/mol. The number of hydrogen-bond acceptors (Lipinski definition) is 5. The first kappa shape index (κ1) is 23.2. The van der Waals surface area contributed by atoms with Gasteiger partial charge in [-0.3, -0.25) is 9.69 Å². The van der Waals surface area contributed by atoms with Crippen molar-refractivity contribution in [1.82, 2.24) is 9.88 Å². The van der Waals surface area contributed by atoms with Crippen LogP contribution >= 0.6 is 11.3 Å². The zero-order valence-corrected chi connectivity index (χ0v) is 20.2. The molecular formula is C28H27FN4OS. The second-order valence-electron chi connectivity index (χ2n) is 8.65. The van der Waals surface area contributed by atoms with E-state index in [1.54, 1.807) is 17.0 Å². The third kappa shape index (κ3) is 5.75. The minimum Gasteiger partial charge on any atom is -0.354 e. The van der Waals surface area contributed by atoms with E-state index < -0.39 is 0 Å². The Bertz CT molecular complexity index is 1220. The molecular weight excluding hydrogens is 459 g/mol. The maximum atomic E-state index is 13.5. The number of carbonyl (C=O) groups excluding carboxylic acids is 1. The standard InChI is InChI=1S/C28H27FN4OS/c29-25-7-9-26(10-8-25)33(28(34)24-12-17-35-21-24)20-23-6-11-27(30-18-23)32-15-13-31(14-16-32)19-22-4-2-1-3-5-22/h1-12,17-18,21H,13-16,19-20H2. The van der Waals surface area contributed by atoms with E-state index in [4.69, 9.17) is 4.98 Å². The zero-order valence-electron chi connectivity index (χ0n) is 19.4. The molecule has 1 aliphatic rings. The van der Waals surface area contributed by atoms with Gasteiger partial charge in [-0.15, -0.1) is 0 Å². The Hall–Kier alpha value is -3.55. The molecule has 0 N–H and O–H groups in total. The van der Waals surface area contributed by atoms with Gasteiger partial charge in [0.2, 0.25) is 0 Å². The molecule has 35 heavy (non-hydrogen) atoms. The van der Waals surface area contributed by atoms with Gasteiger partial charge in [0, 0.05) is 50.0 Å². The number of piperazine rings is 1. The van der Waals surface area contributed by atoms with Gasteiger partial charge in [0.15, 0.2) is 0 Å². The van der Waals surface area contributed by atoms with E-state index in [0.29, 0.717) is 17.8 Å². The molecule has 0 spiro atoms. The topological polar surface area (TPSA) is 39.7 Å². The summed E-state index contributed by atoms with van der Waals surface area (Å²) in [6, 6.07) is 22.4. The third-order valence-electron chi connectivity index (χ3n) is 6.25. The number of rotatable bonds is 7. The third-order valence-corrected chi connectivity index (χ3v) is 6.93. The molecule has 7 heteroatoms. The largest absolute Gasteiger partial charge is 0.354 e. The molecule has 0 radical (unpaired) electrons. The van der Waals surface area contributed by atoms with E-state index in [1.165, 1.54) is 29.0 Å². The van der Waals surface area contributed by atoms with Crippen molar-refractivity contribution in [2.45, 2.75) is 13.1 Å². The molecule has 2 aromatic carbocycles. The molecule has 1 fully saturated rings. The van der Waals surface area contributed by atoms with Crippen LogP contribution in [0.2, 0.25) is 0 Å². The van der Waals surface area contributed by atoms with Gasteiger partial charge < -0.3 is 9.80 Å². The van der Waals surface area contributed by atoms with Gasteiger partial charge in [-0.2, -0.15) is 11.3 Å². The van der Waals surface area contributed by atoms with Crippen LogP contribution < -0.4 is 9.80 Å². The van der Waals surface area contributed by atoms with Gasteiger partial charge in [0.05, 0.1) is 12.1 Å². The van der Waals surface area contributed by atoms with Crippen LogP contribution in [0.4, 0.5) is 15.9 Å². The monoisotopic (exact) mass is 486 g/mol. The molecule has 0 bridgehead atoms. The smallest absolute Gasteiger partial charge is 0.259 e. The van der Waals surface area contributed by atoms with Crippen molar-refractivity contribution in [3.05, 3.63) is 112 Å². The second-order valence-corrected chi connectivity index (χ2v) is 9.43. The fourth-order valence-electron chi connectivity index (χ4n) is 4.30. The Morgan fingerprint density at radius 1 is 0.914 bits per heavy atom. The number of pyridine rings is 1. The summed E-state index contributed by atoms with van der Waals surface area (Å²) in [5, 5.41) is 3.71. The Kier molecular flexibility index (Phi) is 7.16. The lowest BCUT2D eigenvalue weighted by Gasteiger charge is -2.35. The lowest BCUT2D eigenvalue weighted by atomic mass is 10.2. The molecule has 4 aromatic rings. The molecule has 1 aliphatic heterocycles. The average Bonchev–Trinajstić information content (AvgIpc) is 3.44. The SMILES string of the molecule is O=C(c1ccsc1)N(Cc1ccc(N2CCN(Cc3ccccc3)CC2)nc1)c1ccc(F)cc1. The van der Waals surface area contributed by atoms with Crippen LogP contribution in [0.1, 0.15) is 21.5 Å². The number of amides is 1. The summed E-state index contributed by atoms with van der Waals surface area (Å²) in [7, 11) is 0. The highest BCUT2D eigenvalue weighted by Gasteiger charge is 2.21. The van der Waals surface area contributed by atoms with E-state index in [-0.39, 0.29) is 11.7 Å². The minimum atomic E-state index is -0.327. The normalized spacial score (nSPS) is 14.1. The molecule has 3 heterocycles. The highest BCUT2D eigenvalue weighted by Crippen LogP contribution is 2.23. The Morgan fingerprint density at radius 3 is 2.34 bits per heavy atom. The number of benzene rings is 2. The lowest BCUT2D eigenvalue weighted by Crippen LogP contribution is -2.46. The zero-order chi connectivity index (χ0) is 24.0. The molecule has 1 saturated heterocycles. The van der Waals surface area contributed by atoms with Crippen LogP contribution in [0.5, 0.6) is 0 Å². The first-order valence-corrected chi connectivity index (χ1v) is 12.7. The number of anilines is 2. The summed E-state index contributed by atoms with van der Waals surface area (Å²) in [6.45, 7) is 5.17. The van der Waals surface area contributed by atoms with Gasteiger partial charge in [-0.1, -0.05) is 36.4 Å². The molecule has 178 valence electrons. The predicted octanol–water partition coefficient (Wildman–Crippen LogP) is 5.45. The predicted molar refractivity (Wildman–Crippen MR) is 139 cm³/mol. The highest BCUT2D eigenvalue weighted by molar-refractivity contribution is 7.08. The van der Waals surface area contributed by atoms with E-state index >= 15 is 0 Å². The molecule has 1 amide bonds.